The number of halogens is 1. The summed E-state index contributed by atoms with van der Waals surface area (Å²) in [6.07, 6.45) is 0.561. The van der Waals surface area contributed by atoms with Crippen LogP contribution in [0.15, 0.2) is 17.0 Å². The van der Waals surface area contributed by atoms with Crippen LogP contribution in [0.2, 0.25) is 0 Å². The van der Waals surface area contributed by atoms with E-state index in [-0.39, 0.29) is 17.1 Å². The van der Waals surface area contributed by atoms with Crippen molar-refractivity contribution in [2.75, 3.05) is 26.0 Å². The normalized spacial score (nSPS) is 11.7. The third kappa shape index (κ3) is 3.66. The number of nitrogens with two attached hydrogens (primary N) is 1. The highest BCUT2D eigenvalue weighted by Gasteiger charge is 2.18. The largest absolute Gasteiger partial charge is 0.396 e. The zero-order chi connectivity index (χ0) is 13.8. The average molecular weight is 276 g/mol. The van der Waals surface area contributed by atoms with E-state index in [4.69, 9.17) is 10.5 Å². The summed E-state index contributed by atoms with van der Waals surface area (Å²) >= 11 is 0. The molecule has 0 amide bonds. The van der Waals surface area contributed by atoms with Crippen molar-refractivity contribution in [1.29, 1.82) is 0 Å². The van der Waals surface area contributed by atoms with Crippen LogP contribution >= 0.6 is 0 Å². The first-order valence-electron chi connectivity index (χ1n) is 5.42. The molecule has 0 saturated carbocycles. The molecule has 18 heavy (non-hydrogen) atoms. The predicted octanol–water partition coefficient (Wildman–Crippen LogP) is 1.03. The van der Waals surface area contributed by atoms with Crippen LogP contribution in [0.3, 0.4) is 0 Å². The van der Waals surface area contributed by atoms with Gasteiger partial charge in [-0.3, -0.25) is 0 Å². The Morgan fingerprint density at radius 2 is 2.11 bits per heavy atom. The molecule has 0 aromatic heterocycles. The molecule has 7 heteroatoms. The van der Waals surface area contributed by atoms with E-state index in [1.54, 1.807) is 7.11 Å². The van der Waals surface area contributed by atoms with Gasteiger partial charge in [-0.2, -0.15) is 0 Å². The van der Waals surface area contributed by atoms with E-state index < -0.39 is 15.8 Å². The summed E-state index contributed by atoms with van der Waals surface area (Å²) in [6.45, 7) is 2.24. The maximum absolute atomic E-state index is 13.1. The van der Waals surface area contributed by atoms with Gasteiger partial charge in [0.05, 0.1) is 10.6 Å². The molecular formula is C11H17FN2O3S. The summed E-state index contributed by atoms with van der Waals surface area (Å²) in [4.78, 5) is -0.00110. The van der Waals surface area contributed by atoms with E-state index in [9.17, 15) is 12.8 Å². The summed E-state index contributed by atoms with van der Waals surface area (Å²) in [6, 6.07) is 2.24. The van der Waals surface area contributed by atoms with E-state index in [1.165, 1.54) is 6.92 Å². The van der Waals surface area contributed by atoms with Gasteiger partial charge in [0.2, 0.25) is 10.0 Å². The van der Waals surface area contributed by atoms with E-state index in [1.807, 2.05) is 0 Å². The summed E-state index contributed by atoms with van der Waals surface area (Å²) < 4.78 is 44.3. The Labute approximate surface area is 106 Å². The number of hydrogen-bond donors (Lipinski definition) is 2. The van der Waals surface area contributed by atoms with Crippen molar-refractivity contribution in [2.45, 2.75) is 18.2 Å². The average Bonchev–Trinajstić information content (AvgIpc) is 2.29. The molecule has 0 aliphatic carbocycles. The predicted molar refractivity (Wildman–Crippen MR) is 67.2 cm³/mol. The van der Waals surface area contributed by atoms with Crippen LogP contribution in [0.1, 0.15) is 12.0 Å². The minimum atomic E-state index is -3.66. The minimum Gasteiger partial charge on any atom is -0.396 e. The number of aryl methyl sites for hydroxylation is 1. The SMILES string of the molecule is COCCCNS(=O)(=O)c1cc(N)c(F)cc1C. The van der Waals surface area contributed by atoms with Crippen molar-refractivity contribution in [3.05, 3.63) is 23.5 Å². The Morgan fingerprint density at radius 3 is 2.72 bits per heavy atom. The summed E-state index contributed by atoms with van der Waals surface area (Å²) in [7, 11) is -2.12. The lowest BCUT2D eigenvalue weighted by molar-refractivity contribution is 0.196. The molecule has 5 nitrogen and oxygen atoms in total. The molecular weight excluding hydrogens is 259 g/mol. The minimum absolute atomic E-state index is 0.00110. The molecule has 0 aliphatic rings. The van der Waals surface area contributed by atoms with Gasteiger partial charge in [0.25, 0.3) is 0 Å². The molecule has 102 valence electrons. The maximum Gasteiger partial charge on any atom is 0.240 e. The Morgan fingerprint density at radius 1 is 1.44 bits per heavy atom. The van der Waals surface area contributed by atoms with Crippen LogP contribution < -0.4 is 10.5 Å². The van der Waals surface area contributed by atoms with Gasteiger partial charge < -0.3 is 10.5 Å². The molecule has 1 aromatic rings. The van der Waals surface area contributed by atoms with Gasteiger partial charge >= 0.3 is 0 Å². The van der Waals surface area contributed by atoms with Crippen molar-refractivity contribution in [3.8, 4) is 0 Å². The third-order valence-corrected chi connectivity index (χ3v) is 4.00. The first-order chi connectivity index (χ1) is 8.38. The van der Waals surface area contributed by atoms with Crippen LogP contribution in [0.25, 0.3) is 0 Å². The number of anilines is 1. The Bertz CT molecular complexity index is 517. The molecule has 0 aliphatic heterocycles. The maximum atomic E-state index is 13.1. The monoisotopic (exact) mass is 276 g/mol. The van der Waals surface area contributed by atoms with Crippen LogP contribution in [0.4, 0.5) is 10.1 Å². The number of benzene rings is 1. The number of sulfonamides is 1. The van der Waals surface area contributed by atoms with Gasteiger partial charge in [-0.1, -0.05) is 0 Å². The number of methoxy groups -OCH3 is 1. The van der Waals surface area contributed by atoms with Crippen LogP contribution in [-0.4, -0.2) is 28.7 Å². The van der Waals surface area contributed by atoms with Crippen LogP contribution in [0.5, 0.6) is 0 Å². The van der Waals surface area contributed by atoms with Crippen molar-refractivity contribution in [3.63, 3.8) is 0 Å². The molecule has 0 heterocycles. The molecule has 0 unspecified atom stereocenters. The van der Waals surface area contributed by atoms with Gasteiger partial charge in [-0.25, -0.2) is 17.5 Å². The van der Waals surface area contributed by atoms with Crippen molar-refractivity contribution >= 4 is 15.7 Å². The molecule has 3 N–H and O–H groups in total. The first-order valence-corrected chi connectivity index (χ1v) is 6.91. The van der Waals surface area contributed by atoms with Crippen LogP contribution in [0, 0.1) is 12.7 Å². The number of nitrogen functional groups attached to an aromatic ring is 1. The zero-order valence-corrected chi connectivity index (χ0v) is 11.2. The number of nitrogens with one attached hydrogen (secondary N) is 1. The topological polar surface area (TPSA) is 81.4 Å². The molecule has 0 radical (unpaired) electrons. The quantitative estimate of drug-likeness (QED) is 0.600. The second kappa shape index (κ2) is 6.12. The van der Waals surface area contributed by atoms with Gasteiger partial charge in [0.15, 0.2) is 0 Å². The zero-order valence-electron chi connectivity index (χ0n) is 10.4. The molecule has 0 bridgehead atoms. The lowest BCUT2D eigenvalue weighted by atomic mass is 10.2. The first kappa shape index (κ1) is 14.9. The third-order valence-electron chi connectivity index (χ3n) is 2.40. The van der Waals surface area contributed by atoms with E-state index >= 15 is 0 Å². The fraction of sp³-hybridized carbons (Fsp3) is 0.455. The Hall–Kier alpha value is -1.18. The van der Waals surface area contributed by atoms with E-state index in [0.29, 0.717) is 18.6 Å². The summed E-state index contributed by atoms with van der Waals surface area (Å²) in [5.74, 6) is -0.620. The van der Waals surface area contributed by atoms with E-state index in [0.717, 1.165) is 12.1 Å². The number of rotatable bonds is 6. The molecule has 0 saturated heterocycles. The highest BCUT2D eigenvalue weighted by Crippen LogP contribution is 2.21. The van der Waals surface area contributed by atoms with Gasteiger partial charge in [-0.15, -0.1) is 0 Å². The van der Waals surface area contributed by atoms with Crippen molar-refractivity contribution in [2.24, 2.45) is 0 Å². The van der Waals surface area contributed by atoms with E-state index in [2.05, 4.69) is 4.72 Å². The molecule has 1 aromatic carbocycles. The Kier molecular flexibility index (Phi) is 5.06. The van der Waals surface area contributed by atoms with Gasteiger partial charge in [0.1, 0.15) is 5.82 Å². The molecule has 0 spiro atoms. The van der Waals surface area contributed by atoms with Crippen molar-refractivity contribution in [1.82, 2.24) is 4.72 Å². The highest BCUT2D eigenvalue weighted by molar-refractivity contribution is 7.89. The number of ether oxygens (including phenoxy) is 1. The lowest BCUT2D eigenvalue weighted by Crippen LogP contribution is -2.26. The number of hydrogen-bond acceptors (Lipinski definition) is 4. The molecule has 0 atom stereocenters. The second-order valence-electron chi connectivity index (χ2n) is 3.88. The van der Waals surface area contributed by atoms with Gasteiger partial charge in [-0.05, 0) is 31.0 Å². The molecule has 1 rings (SSSR count). The molecule has 0 fully saturated rings. The van der Waals surface area contributed by atoms with Crippen LogP contribution in [-0.2, 0) is 14.8 Å². The fourth-order valence-corrected chi connectivity index (χ4v) is 2.79. The summed E-state index contributed by atoms with van der Waals surface area (Å²) in [5, 5.41) is 0. The smallest absolute Gasteiger partial charge is 0.240 e. The second-order valence-corrected chi connectivity index (χ2v) is 5.62. The summed E-state index contributed by atoms with van der Waals surface area (Å²) in [5.41, 5.74) is 5.51. The highest BCUT2D eigenvalue weighted by atomic mass is 32.2. The lowest BCUT2D eigenvalue weighted by Gasteiger charge is -2.10. The van der Waals surface area contributed by atoms with Gasteiger partial charge in [0, 0.05) is 20.3 Å². The Balaban J connectivity index is 2.88. The standard InChI is InChI=1S/C11H17FN2O3S/c1-8-6-9(12)10(13)7-11(8)18(15,16)14-4-3-5-17-2/h6-7,14H,3-5,13H2,1-2H3. The fourth-order valence-electron chi connectivity index (χ4n) is 1.46. The van der Waals surface area contributed by atoms with Crippen molar-refractivity contribution < 1.29 is 17.5 Å².